The number of carbonyl (C=O) groups excluding carboxylic acids is 1. The molecule has 94 valence electrons. The number of hydrogen-bond donors (Lipinski definition) is 0. The van der Waals surface area contributed by atoms with Crippen molar-refractivity contribution in [1.82, 2.24) is 5.16 Å². The Bertz CT molecular complexity index is 579. The van der Waals surface area contributed by atoms with E-state index in [1.807, 2.05) is 32.0 Å². The van der Waals surface area contributed by atoms with Crippen LogP contribution in [0, 0.1) is 20.8 Å². The first-order valence-electron chi connectivity index (χ1n) is 5.67. The molecule has 0 N–H and O–H groups in total. The summed E-state index contributed by atoms with van der Waals surface area (Å²) in [5, 5.41) is 4.00. The second kappa shape index (κ2) is 4.64. The molecule has 0 bridgehead atoms. The Morgan fingerprint density at radius 2 is 1.83 bits per heavy atom. The van der Waals surface area contributed by atoms with Gasteiger partial charge in [0.2, 0.25) is 0 Å². The first kappa shape index (κ1) is 12.4. The molecule has 1 aromatic carbocycles. The van der Waals surface area contributed by atoms with Crippen LogP contribution in [-0.4, -0.2) is 18.2 Å². The number of benzene rings is 1. The van der Waals surface area contributed by atoms with Gasteiger partial charge in [-0.2, -0.15) is 0 Å². The van der Waals surface area contributed by atoms with Gasteiger partial charge in [-0.1, -0.05) is 23.4 Å². The van der Waals surface area contributed by atoms with Gasteiger partial charge in [-0.25, -0.2) is 4.79 Å². The molecule has 1 heterocycles. The Kier molecular flexibility index (Phi) is 3.19. The van der Waals surface area contributed by atoms with E-state index in [0.717, 1.165) is 16.7 Å². The van der Waals surface area contributed by atoms with Crippen molar-refractivity contribution in [1.29, 1.82) is 0 Å². The summed E-state index contributed by atoms with van der Waals surface area (Å²) in [6, 6.07) is 5.93. The van der Waals surface area contributed by atoms with E-state index in [0.29, 0.717) is 17.0 Å². The third-order valence-corrected chi connectivity index (χ3v) is 2.97. The molecule has 4 nitrogen and oxygen atoms in total. The Hall–Kier alpha value is -2.10. The summed E-state index contributed by atoms with van der Waals surface area (Å²) in [5.41, 5.74) is 3.97. The summed E-state index contributed by atoms with van der Waals surface area (Å²) in [6.45, 7) is 5.66. The van der Waals surface area contributed by atoms with Crippen molar-refractivity contribution in [2.75, 3.05) is 7.11 Å². The van der Waals surface area contributed by atoms with E-state index < -0.39 is 5.97 Å². The van der Waals surface area contributed by atoms with Crippen LogP contribution in [-0.2, 0) is 4.74 Å². The summed E-state index contributed by atoms with van der Waals surface area (Å²) in [5.74, 6) is 0.0471. The fraction of sp³-hybridized carbons (Fsp3) is 0.286. The van der Waals surface area contributed by atoms with Crippen LogP contribution in [0.3, 0.4) is 0 Å². The maximum Gasteiger partial charge on any atom is 0.343 e. The average Bonchev–Trinajstić information content (AvgIpc) is 2.70. The summed E-state index contributed by atoms with van der Waals surface area (Å²) in [4.78, 5) is 11.8. The van der Waals surface area contributed by atoms with Gasteiger partial charge in [-0.15, -0.1) is 0 Å². The van der Waals surface area contributed by atoms with Gasteiger partial charge in [0, 0.05) is 5.56 Å². The quantitative estimate of drug-likeness (QED) is 0.763. The minimum Gasteiger partial charge on any atom is -0.465 e. The van der Waals surface area contributed by atoms with Crippen LogP contribution in [0.4, 0.5) is 0 Å². The highest BCUT2D eigenvalue weighted by Gasteiger charge is 2.24. The van der Waals surface area contributed by atoms with Crippen molar-refractivity contribution in [3.8, 4) is 11.3 Å². The van der Waals surface area contributed by atoms with Crippen molar-refractivity contribution in [3.63, 3.8) is 0 Å². The van der Waals surface area contributed by atoms with E-state index in [1.165, 1.54) is 7.11 Å². The Balaban J connectivity index is 2.69. The third-order valence-electron chi connectivity index (χ3n) is 2.97. The average molecular weight is 245 g/mol. The first-order valence-corrected chi connectivity index (χ1v) is 5.67. The van der Waals surface area contributed by atoms with Gasteiger partial charge in [-0.3, -0.25) is 0 Å². The minimum absolute atomic E-state index is 0.398. The number of hydrogen-bond acceptors (Lipinski definition) is 4. The number of aromatic nitrogens is 1. The van der Waals surface area contributed by atoms with Gasteiger partial charge in [0.05, 0.1) is 7.11 Å². The fourth-order valence-electron chi connectivity index (χ4n) is 2.07. The molecule has 0 unspecified atom stereocenters. The van der Waals surface area contributed by atoms with E-state index in [2.05, 4.69) is 5.16 Å². The van der Waals surface area contributed by atoms with Crippen LogP contribution < -0.4 is 0 Å². The molecule has 1 aromatic heterocycles. The number of esters is 1. The zero-order valence-electron chi connectivity index (χ0n) is 10.9. The lowest BCUT2D eigenvalue weighted by atomic mass is 9.97. The molecular formula is C14H15NO3. The normalized spacial score (nSPS) is 10.4. The number of aryl methyl sites for hydroxylation is 3. The van der Waals surface area contributed by atoms with Gasteiger partial charge in [0.1, 0.15) is 17.0 Å². The highest BCUT2D eigenvalue weighted by atomic mass is 16.5. The van der Waals surface area contributed by atoms with Crippen LogP contribution in [0.5, 0.6) is 0 Å². The van der Waals surface area contributed by atoms with E-state index in [-0.39, 0.29) is 0 Å². The van der Waals surface area contributed by atoms with E-state index in [4.69, 9.17) is 9.26 Å². The van der Waals surface area contributed by atoms with Crippen LogP contribution in [0.25, 0.3) is 11.3 Å². The summed E-state index contributed by atoms with van der Waals surface area (Å²) < 4.78 is 9.91. The van der Waals surface area contributed by atoms with E-state index in [9.17, 15) is 4.79 Å². The fourth-order valence-corrected chi connectivity index (χ4v) is 2.07. The van der Waals surface area contributed by atoms with Crippen molar-refractivity contribution < 1.29 is 14.1 Å². The molecule has 0 spiro atoms. The van der Waals surface area contributed by atoms with Gasteiger partial charge < -0.3 is 9.26 Å². The van der Waals surface area contributed by atoms with Crippen molar-refractivity contribution in [2.45, 2.75) is 20.8 Å². The molecule has 0 aliphatic heterocycles. The van der Waals surface area contributed by atoms with Gasteiger partial charge >= 0.3 is 5.97 Å². The molecule has 2 aromatic rings. The monoisotopic (exact) mass is 245 g/mol. The van der Waals surface area contributed by atoms with E-state index >= 15 is 0 Å². The predicted octanol–water partition coefficient (Wildman–Crippen LogP) is 3.05. The molecule has 0 amide bonds. The number of ether oxygens (including phenoxy) is 1. The Morgan fingerprint density at radius 1 is 1.22 bits per heavy atom. The topological polar surface area (TPSA) is 52.3 Å². The highest BCUT2D eigenvalue weighted by molar-refractivity contribution is 5.97. The van der Waals surface area contributed by atoms with Crippen LogP contribution in [0.15, 0.2) is 22.7 Å². The molecule has 0 fully saturated rings. The molecule has 0 saturated heterocycles. The predicted molar refractivity (Wildman–Crippen MR) is 67.5 cm³/mol. The maximum atomic E-state index is 11.8. The summed E-state index contributed by atoms with van der Waals surface area (Å²) in [6.07, 6.45) is 0. The number of carbonyl (C=O) groups is 1. The first-order chi connectivity index (χ1) is 8.56. The van der Waals surface area contributed by atoms with Crippen LogP contribution in [0.1, 0.15) is 27.2 Å². The molecule has 4 heteroatoms. The number of rotatable bonds is 2. The lowest BCUT2D eigenvalue weighted by Gasteiger charge is -2.07. The molecule has 18 heavy (non-hydrogen) atoms. The van der Waals surface area contributed by atoms with Crippen molar-refractivity contribution in [2.24, 2.45) is 0 Å². The smallest absolute Gasteiger partial charge is 0.343 e. The summed E-state index contributed by atoms with van der Waals surface area (Å²) >= 11 is 0. The largest absolute Gasteiger partial charge is 0.465 e. The second-order valence-electron chi connectivity index (χ2n) is 4.22. The molecule has 0 aliphatic rings. The standard InChI is InChI=1S/C14H15NO3/c1-8-6-5-7-9(2)11(8)13-12(14(16)17-4)10(3)18-15-13/h5-7H,1-4H3. The number of nitrogens with zero attached hydrogens (tertiary/aromatic N) is 1. The molecule has 2 rings (SSSR count). The molecule has 0 radical (unpaired) electrons. The third kappa shape index (κ3) is 1.90. The van der Waals surface area contributed by atoms with Crippen molar-refractivity contribution in [3.05, 3.63) is 40.6 Å². The van der Waals surface area contributed by atoms with E-state index in [1.54, 1.807) is 6.92 Å². The molecular weight excluding hydrogens is 230 g/mol. The molecule has 0 atom stereocenters. The van der Waals surface area contributed by atoms with Gasteiger partial charge in [0.25, 0.3) is 0 Å². The lowest BCUT2D eigenvalue weighted by molar-refractivity contribution is 0.0599. The highest BCUT2D eigenvalue weighted by Crippen LogP contribution is 2.31. The maximum absolute atomic E-state index is 11.8. The Labute approximate surface area is 106 Å². The van der Waals surface area contributed by atoms with Crippen molar-refractivity contribution >= 4 is 5.97 Å². The summed E-state index contributed by atoms with van der Waals surface area (Å²) in [7, 11) is 1.35. The minimum atomic E-state index is -0.425. The van der Waals surface area contributed by atoms with Gasteiger partial charge in [-0.05, 0) is 31.9 Å². The molecule has 0 saturated carbocycles. The zero-order valence-corrected chi connectivity index (χ0v) is 10.9. The SMILES string of the molecule is COC(=O)c1c(-c2c(C)cccc2C)noc1C. The zero-order chi connectivity index (χ0) is 13.3. The Morgan fingerprint density at radius 3 is 2.39 bits per heavy atom. The molecule has 0 aliphatic carbocycles. The van der Waals surface area contributed by atoms with Crippen LogP contribution >= 0.6 is 0 Å². The van der Waals surface area contributed by atoms with Crippen LogP contribution in [0.2, 0.25) is 0 Å². The second-order valence-corrected chi connectivity index (χ2v) is 4.22. The number of methoxy groups -OCH3 is 1. The lowest BCUT2D eigenvalue weighted by Crippen LogP contribution is -2.04. The van der Waals surface area contributed by atoms with Gasteiger partial charge in [0.15, 0.2) is 0 Å².